The molecule has 1 heterocycles. The lowest BCUT2D eigenvalue weighted by atomic mass is 10.2. The number of carbonyl (C=O) groups excluding carboxylic acids is 1. The molecular weight excluding hydrogens is 373 g/mol. The standard InChI is InChI=1S/C13H7BrClF3N2O/c14-11-8(2-1-5-19-11)12(21)20-7-3-4-10(15)9(6-7)13(16,17)18/h1-6H,(H,20,21). The Morgan fingerprint density at radius 3 is 2.62 bits per heavy atom. The van der Waals surface area contributed by atoms with Crippen LogP contribution in [0.1, 0.15) is 15.9 Å². The first kappa shape index (κ1) is 15.8. The molecule has 0 spiro atoms. The summed E-state index contributed by atoms with van der Waals surface area (Å²) in [4.78, 5) is 15.9. The number of nitrogens with zero attached hydrogens (tertiary/aromatic N) is 1. The number of halogens is 5. The molecule has 0 atom stereocenters. The smallest absolute Gasteiger partial charge is 0.322 e. The summed E-state index contributed by atoms with van der Waals surface area (Å²) in [5.74, 6) is -0.578. The molecule has 0 bridgehead atoms. The van der Waals surface area contributed by atoms with Gasteiger partial charge in [0.15, 0.2) is 0 Å². The number of nitrogens with one attached hydrogen (secondary N) is 1. The average molecular weight is 380 g/mol. The van der Waals surface area contributed by atoms with Crippen molar-refractivity contribution in [1.29, 1.82) is 0 Å². The van der Waals surface area contributed by atoms with Crippen LogP contribution in [0.15, 0.2) is 41.1 Å². The van der Waals surface area contributed by atoms with Crippen LogP contribution >= 0.6 is 27.5 Å². The zero-order valence-corrected chi connectivity index (χ0v) is 12.6. The number of alkyl halides is 3. The van der Waals surface area contributed by atoms with Gasteiger partial charge >= 0.3 is 6.18 Å². The molecule has 0 unspecified atom stereocenters. The maximum atomic E-state index is 12.7. The van der Waals surface area contributed by atoms with E-state index >= 15 is 0 Å². The SMILES string of the molecule is O=C(Nc1ccc(Cl)c(C(F)(F)F)c1)c1cccnc1Br. The number of anilines is 1. The highest BCUT2D eigenvalue weighted by molar-refractivity contribution is 9.10. The van der Waals surface area contributed by atoms with Crippen LogP contribution in [0.25, 0.3) is 0 Å². The molecule has 0 radical (unpaired) electrons. The first-order valence-electron chi connectivity index (χ1n) is 5.57. The molecule has 1 aromatic carbocycles. The van der Waals surface area contributed by atoms with Crippen LogP contribution in [0.2, 0.25) is 5.02 Å². The fraction of sp³-hybridized carbons (Fsp3) is 0.0769. The van der Waals surface area contributed by atoms with Crippen molar-refractivity contribution in [3.8, 4) is 0 Å². The van der Waals surface area contributed by atoms with Crippen LogP contribution in [-0.2, 0) is 6.18 Å². The maximum absolute atomic E-state index is 12.7. The van der Waals surface area contributed by atoms with Crippen LogP contribution in [0, 0.1) is 0 Å². The Morgan fingerprint density at radius 2 is 2.00 bits per heavy atom. The van der Waals surface area contributed by atoms with Gasteiger partial charge in [0.1, 0.15) is 4.60 Å². The molecule has 0 aliphatic rings. The van der Waals surface area contributed by atoms with Gasteiger partial charge in [-0.2, -0.15) is 13.2 Å². The third-order valence-electron chi connectivity index (χ3n) is 2.53. The van der Waals surface area contributed by atoms with E-state index in [1.807, 2.05) is 0 Å². The van der Waals surface area contributed by atoms with Gasteiger partial charge in [-0.1, -0.05) is 11.6 Å². The molecule has 0 saturated carbocycles. The summed E-state index contributed by atoms with van der Waals surface area (Å²) in [5.41, 5.74) is -0.805. The van der Waals surface area contributed by atoms with Crippen LogP contribution in [0.3, 0.4) is 0 Å². The molecule has 0 fully saturated rings. The number of hydrogen-bond acceptors (Lipinski definition) is 2. The van der Waals surface area contributed by atoms with E-state index in [1.54, 1.807) is 6.07 Å². The summed E-state index contributed by atoms with van der Waals surface area (Å²) < 4.78 is 38.5. The van der Waals surface area contributed by atoms with Crippen LogP contribution in [0.4, 0.5) is 18.9 Å². The van der Waals surface area contributed by atoms with Gasteiger partial charge in [-0.25, -0.2) is 4.98 Å². The summed E-state index contributed by atoms with van der Waals surface area (Å²) in [5, 5.41) is 1.94. The highest BCUT2D eigenvalue weighted by Crippen LogP contribution is 2.36. The Hall–Kier alpha value is -1.60. The summed E-state index contributed by atoms with van der Waals surface area (Å²) in [6.07, 6.45) is -3.11. The lowest BCUT2D eigenvalue weighted by Crippen LogP contribution is -2.14. The van der Waals surface area contributed by atoms with Crippen molar-refractivity contribution in [1.82, 2.24) is 4.98 Å². The van der Waals surface area contributed by atoms with Crippen molar-refractivity contribution < 1.29 is 18.0 Å². The predicted molar refractivity (Wildman–Crippen MR) is 76.3 cm³/mol. The van der Waals surface area contributed by atoms with Gasteiger partial charge in [0.2, 0.25) is 0 Å². The molecule has 0 aliphatic heterocycles. The maximum Gasteiger partial charge on any atom is 0.417 e. The molecule has 2 rings (SSSR count). The number of hydrogen-bond donors (Lipinski definition) is 1. The van der Waals surface area contributed by atoms with E-state index in [0.717, 1.165) is 12.1 Å². The molecule has 1 amide bonds. The van der Waals surface area contributed by atoms with Crippen LogP contribution < -0.4 is 5.32 Å². The highest BCUT2D eigenvalue weighted by Gasteiger charge is 2.33. The zero-order valence-electron chi connectivity index (χ0n) is 10.2. The summed E-state index contributed by atoms with van der Waals surface area (Å²) in [7, 11) is 0. The van der Waals surface area contributed by atoms with Gasteiger partial charge in [-0.3, -0.25) is 4.79 Å². The number of aromatic nitrogens is 1. The molecular formula is C13H7BrClF3N2O. The Bertz CT molecular complexity index is 691. The Morgan fingerprint density at radius 1 is 1.29 bits per heavy atom. The Labute approximate surface area is 131 Å². The Balaban J connectivity index is 2.29. The van der Waals surface area contributed by atoms with Gasteiger partial charge in [-0.05, 0) is 46.3 Å². The fourth-order valence-corrected chi connectivity index (χ4v) is 2.23. The fourth-order valence-electron chi connectivity index (χ4n) is 1.57. The van der Waals surface area contributed by atoms with Crippen molar-refractivity contribution in [2.75, 3.05) is 5.32 Å². The third-order valence-corrected chi connectivity index (χ3v) is 3.49. The molecule has 8 heteroatoms. The molecule has 2 aromatic rings. The van der Waals surface area contributed by atoms with Crippen molar-refractivity contribution in [3.05, 3.63) is 57.3 Å². The molecule has 21 heavy (non-hydrogen) atoms. The van der Waals surface area contributed by atoms with E-state index < -0.39 is 22.7 Å². The second-order valence-electron chi connectivity index (χ2n) is 3.99. The quantitative estimate of drug-likeness (QED) is 0.764. The summed E-state index contributed by atoms with van der Waals surface area (Å²) >= 11 is 8.60. The van der Waals surface area contributed by atoms with Crippen molar-refractivity contribution in [2.45, 2.75) is 6.18 Å². The van der Waals surface area contributed by atoms with Crippen LogP contribution in [0.5, 0.6) is 0 Å². The average Bonchev–Trinajstić information content (AvgIpc) is 2.40. The van der Waals surface area contributed by atoms with E-state index in [1.165, 1.54) is 18.3 Å². The van der Waals surface area contributed by atoms with Crippen molar-refractivity contribution >= 4 is 39.1 Å². The predicted octanol–water partition coefficient (Wildman–Crippen LogP) is 4.77. The third kappa shape index (κ3) is 3.74. The van der Waals surface area contributed by atoms with E-state index in [9.17, 15) is 18.0 Å². The topological polar surface area (TPSA) is 42.0 Å². The molecule has 1 aromatic heterocycles. The molecule has 3 nitrogen and oxygen atoms in total. The lowest BCUT2D eigenvalue weighted by Gasteiger charge is -2.12. The normalized spacial score (nSPS) is 11.3. The van der Waals surface area contributed by atoms with E-state index in [0.29, 0.717) is 4.60 Å². The van der Waals surface area contributed by atoms with Crippen LogP contribution in [-0.4, -0.2) is 10.9 Å². The van der Waals surface area contributed by atoms with Gasteiger partial charge in [-0.15, -0.1) is 0 Å². The molecule has 0 saturated heterocycles. The minimum Gasteiger partial charge on any atom is -0.322 e. The van der Waals surface area contributed by atoms with Crippen molar-refractivity contribution in [2.24, 2.45) is 0 Å². The van der Waals surface area contributed by atoms with E-state index in [2.05, 4.69) is 26.2 Å². The molecule has 110 valence electrons. The minimum atomic E-state index is -4.59. The Kier molecular flexibility index (Phi) is 4.53. The largest absolute Gasteiger partial charge is 0.417 e. The summed E-state index contributed by atoms with van der Waals surface area (Å²) in [6.45, 7) is 0. The minimum absolute atomic E-state index is 0.00696. The zero-order chi connectivity index (χ0) is 15.6. The molecule has 1 N–H and O–H groups in total. The highest BCUT2D eigenvalue weighted by atomic mass is 79.9. The van der Waals surface area contributed by atoms with Gasteiger partial charge in [0, 0.05) is 11.9 Å². The van der Waals surface area contributed by atoms with Gasteiger partial charge < -0.3 is 5.32 Å². The first-order chi connectivity index (χ1) is 9.79. The van der Waals surface area contributed by atoms with E-state index in [-0.39, 0.29) is 11.3 Å². The summed E-state index contributed by atoms with van der Waals surface area (Å²) in [6, 6.07) is 6.19. The number of pyridine rings is 1. The lowest BCUT2D eigenvalue weighted by molar-refractivity contribution is -0.137. The number of carbonyl (C=O) groups is 1. The monoisotopic (exact) mass is 378 g/mol. The molecule has 0 aliphatic carbocycles. The number of rotatable bonds is 2. The van der Waals surface area contributed by atoms with E-state index in [4.69, 9.17) is 11.6 Å². The second kappa shape index (κ2) is 6.03. The van der Waals surface area contributed by atoms with Gasteiger partial charge in [0.25, 0.3) is 5.91 Å². The van der Waals surface area contributed by atoms with Crippen molar-refractivity contribution in [3.63, 3.8) is 0 Å². The van der Waals surface area contributed by atoms with Gasteiger partial charge in [0.05, 0.1) is 16.1 Å². The second-order valence-corrected chi connectivity index (χ2v) is 5.15. The first-order valence-corrected chi connectivity index (χ1v) is 6.75. The number of amides is 1. The number of benzene rings is 1.